The standard InChI is InChI=1S/C23H26F2N4O3/c1-28(2)9-10-32-20-8-5-15(11-21(20)31-4)13-26-23(30)18-14-29(3)27-22(18)17-7-6-16(24)12-19(17)25/h5-8,11-12,14H,9-10,13H2,1-4H3,(H,26,30). The SMILES string of the molecule is COc1cc(CNC(=O)c2cn(C)nc2-c2ccc(F)cc2F)ccc1OCCN(C)C. The maximum atomic E-state index is 14.2. The van der Waals surface area contributed by atoms with Crippen LogP contribution in [-0.2, 0) is 13.6 Å². The fourth-order valence-electron chi connectivity index (χ4n) is 3.09. The molecule has 0 spiro atoms. The molecule has 0 bridgehead atoms. The van der Waals surface area contributed by atoms with Crippen LogP contribution in [-0.4, -0.2) is 54.9 Å². The molecule has 9 heteroatoms. The molecular formula is C23H26F2N4O3. The number of carbonyl (C=O) groups is 1. The first-order valence-corrected chi connectivity index (χ1v) is 10.00. The Morgan fingerprint density at radius 1 is 1.16 bits per heavy atom. The maximum absolute atomic E-state index is 14.2. The number of aryl methyl sites for hydroxylation is 1. The van der Waals surface area contributed by atoms with E-state index in [0.717, 1.165) is 24.2 Å². The summed E-state index contributed by atoms with van der Waals surface area (Å²) in [6.07, 6.45) is 1.50. The van der Waals surface area contributed by atoms with Crippen LogP contribution in [0.4, 0.5) is 8.78 Å². The Kier molecular flexibility index (Phi) is 7.42. The lowest BCUT2D eigenvalue weighted by Gasteiger charge is -2.14. The van der Waals surface area contributed by atoms with E-state index in [1.165, 1.54) is 16.9 Å². The Bertz CT molecular complexity index is 1100. The Morgan fingerprint density at radius 3 is 2.62 bits per heavy atom. The molecule has 0 aliphatic heterocycles. The van der Waals surface area contributed by atoms with E-state index in [9.17, 15) is 13.6 Å². The second-order valence-electron chi connectivity index (χ2n) is 7.51. The number of nitrogens with zero attached hydrogens (tertiary/aromatic N) is 3. The number of halogens is 2. The zero-order valence-corrected chi connectivity index (χ0v) is 18.5. The molecule has 2 aromatic carbocycles. The number of methoxy groups -OCH3 is 1. The molecule has 32 heavy (non-hydrogen) atoms. The highest BCUT2D eigenvalue weighted by atomic mass is 19.1. The van der Waals surface area contributed by atoms with Gasteiger partial charge in [-0.3, -0.25) is 9.48 Å². The van der Waals surface area contributed by atoms with Gasteiger partial charge in [0.25, 0.3) is 5.91 Å². The van der Waals surface area contributed by atoms with Crippen molar-refractivity contribution in [3.05, 3.63) is 65.4 Å². The van der Waals surface area contributed by atoms with Gasteiger partial charge in [0.15, 0.2) is 11.5 Å². The molecule has 0 atom stereocenters. The molecule has 170 valence electrons. The average molecular weight is 444 g/mol. The largest absolute Gasteiger partial charge is 0.493 e. The van der Waals surface area contributed by atoms with E-state index in [2.05, 4.69) is 10.4 Å². The highest BCUT2D eigenvalue weighted by Gasteiger charge is 2.20. The van der Waals surface area contributed by atoms with Crippen molar-refractivity contribution in [2.24, 2.45) is 7.05 Å². The number of benzene rings is 2. The van der Waals surface area contributed by atoms with Crippen LogP contribution in [0.15, 0.2) is 42.6 Å². The molecule has 0 aliphatic rings. The summed E-state index contributed by atoms with van der Waals surface area (Å²) in [5, 5.41) is 6.99. The number of carbonyl (C=O) groups excluding carboxylic acids is 1. The summed E-state index contributed by atoms with van der Waals surface area (Å²) in [4.78, 5) is 14.8. The summed E-state index contributed by atoms with van der Waals surface area (Å²) >= 11 is 0. The summed E-state index contributed by atoms with van der Waals surface area (Å²) in [5.74, 6) is -0.734. The van der Waals surface area contributed by atoms with E-state index in [1.807, 2.05) is 25.1 Å². The van der Waals surface area contributed by atoms with Crippen LogP contribution in [0.3, 0.4) is 0 Å². The molecule has 0 saturated carbocycles. The van der Waals surface area contributed by atoms with Crippen LogP contribution in [0.25, 0.3) is 11.3 Å². The number of hydrogen-bond donors (Lipinski definition) is 1. The molecule has 0 fully saturated rings. The monoisotopic (exact) mass is 444 g/mol. The van der Waals surface area contributed by atoms with Gasteiger partial charge in [-0.05, 0) is 43.9 Å². The second kappa shape index (κ2) is 10.2. The van der Waals surface area contributed by atoms with Crippen molar-refractivity contribution >= 4 is 5.91 Å². The highest BCUT2D eigenvalue weighted by molar-refractivity contribution is 5.99. The lowest BCUT2D eigenvalue weighted by Crippen LogP contribution is -2.23. The highest BCUT2D eigenvalue weighted by Crippen LogP contribution is 2.28. The molecule has 0 saturated heterocycles. The number of ether oxygens (including phenoxy) is 2. The van der Waals surface area contributed by atoms with Gasteiger partial charge in [0, 0.05) is 38.0 Å². The van der Waals surface area contributed by atoms with Gasteiger partial charge in [-0.25, -0.2) is 8.78 Å². The number of likely N-dealkylation sites (N-methyl/N-ethyl adjacent to an activating group) is 1. The minimum absolute atomic E-state index is 0.0537. The summed E-state index contributed by atoms with van der Waals surface area (Å²) in [6.45, 7) is 1.50. The van der Waals surface area contributed by atoms with Gasteiger partial charge in [0.2, 0.25) is 0 Å². The molecule has 1 N–H and O–H groups in total. The van der Waals surface area contributed by atoms with Crippen LogP contribution in [0.5, 0.6) is 11.5 Å². The molecule has 0 aliphatic carbocycles. The lowest BCUT2D eigenvalue weighted by molar-refractivity contribution is 0.0951. The van der Waals surface area contributed by atoms with Crippen molar-refractivity contribution in [3.63, 3.8) is 0 Å². The van der Waals surface area contributed by atoms with Gasteiger partial charge >= 0.3 is 0 Å². The van der Waals surface area contributed by atoms with Gasteiger partial charge in [-0.2, -0.15) is 5.10 Å². The van der Waals surface area contributed by atoms with Gasteiger partial charge in [-0.15, -0.1) is 0 Å². The van der Waals surface area contributed by atoms with Crippen molar-refractivity contribution < 1.29 is 23.0 Å². The predicted molar refractivity (Wildman–Crippen MR) is 117 cm³/mol. The molecule has 0 radical (unpaired) electrons. The molecule has 1 amide bonds. The zero-order valence-electron chi connectivity index (χ0n) is 18.5. The third-order valence-corrected chi connectivity index (χ3v) is 4.74. The summed E-state index contributed by atoms with van der Waals surface area (Å²) in [6, 6.07) is 8.57. The minimum Gasteiger partial charge on any atom is -0.493 e. The van der Waals surface area contributed by atoms with Crippen LogP contribution in [0.2, 0.25) is 0 Å². The quantitative estimate of drug-likeness (QED) is 0.549. The summed E-state index contributed by atoms with van der Waals surface area (Å²) in [5.41, 5.74) is 1.19. The maximum Gasteiger partial charge on any atom is 0.255 e. The lowest BCUT2D eigenvalue weighted by atomic mass is 10.1. The Labute approximate surface area is 185 Å². The van der Waals surface area contributed by atoms with Crippen LogP contribution in [0, 0.1) is 11.6 Å². The Morgan fingerprint density at radius 2 is 1.94 bits per heavy atom. The molecule has 0 unspecified atom stereocenters. The first-order valence-electron chi connectivity index (χ1n) is 10.00. The zero-order chi connectivity index (χ0) is 23.3. The molecule has 3 aromatic rings. The second-order valence-corrected chi connectivity index (χ2v) is 7.51. The van der Waals surface area contributed by atoms with E-state index in [4.69, 9.17) is 9.47 Å². The first kappa shape index (κ1) is 23.2. The van der Waals surface area contributed by atoms with Gasteiger partial charge in [-0.1, -0.05) is 6.07 Å². The van der Waals surface area contributed by atoms with Crippen molar-refractivity contribution in [2.75, 3.05) is 34.4 Å². The number of rotatable bonds is 9. The number of nitrogens with one attached hydrogen (secondary N) is 1. The predicted octanol–water partition coefficient (Wildman–Crippen LogP) is 3.24. The summed E-state index contributed by atoms with van der Waals surface area (Å²) < 4.78 is 40.1. The average Bonchev–Trinajstić information content (AvgIpc) is 3.13. The fourth-order valence-corrected chi connectivity index (χ4v) is 3.09. The molecule has 7 nitrogen and oxygen atoms in total. The topological polar surface area (TPSA) is 68.6 Å². The van der Waals surface area contributed by atoms with Gasteiger partial charge in [0.05, 0.1) is 12.7 Å². The van der Waals surface area contributed by atoms with Crippen molar-refractivity contribution in [1.29, 1.82) is 0 Å². The van der Waals surface area contributed by atoms with Crippen molar-refractivity contribution in [2.45, 2.75) is 6.54 Å². The minimum atomic E-state index is -0.785. The fraction of sp³-hybridized carbons (Fsp3) is 0.304. The number of hydrogen-bond acceptors (Lipinski definition) is 5. The molecule has 3 rings (SSSR count). The smallest absolute Gasteiger partial charge is 0.255 e. The Balaban J connectivity index is 1.72. The third kappa shape index (κ3) is 5.61. The first-order chi connectivity index (χ1) is 15.3. The van der Waals surface area contributed by atoms with E-state index in [0.29, 0.717) is 18.1 Å². The Hall–Kier alpha value is -3.46. The van der Waals surface area contributed by atoms with Gasteiger partial charge in [0.1, 0.15) is 23.9 Å². The normalized spacial score (nSPS) is 11.0. The third-order valence-electron chi connectivity index (χ3n) is 4.74. The van der Waals surface area contributed by atoms with Crippen molar-refractivity contribution in [1.82, 2.24) is 20.0 Å². The van der Waals surface area contributed by atoms with Crippen molar-refractivity contribution in [3.8, 4) is 22.8 Å². The van der Waals surface area contributed by atoms with Crippen LogP contribution >= 0.6 is 0 Å². The van der Waals surface area contributed by atoms with Crippen LogP contribution in [0.1, 0.15) is 15.9 Å². The summed E-state index contributed by atoms with van der Waals surface area (Å²) in [7, 11) is 7.10. The molecule has 1 aromatic heterocycles. The number of amides is 1. The van der Waals surface area contributed by atoms with Gasteiger partial charge < -0.3 is 19.7 Å². The molecule has 1 heterocycles. The van der Waals surface area contributed by atoms with E-state index in [-0.39, 0.29) is 23.4 Å². The van der Waals surface area contributed by atoms with E-state index in [1.54, 1.807) is 26.3 Å². The number of aromatic nitrogens is 2. The molecular weight excluding hydrogens is 418 g/mol. The van der Waals surface area contributed by atoms with Crippen LogP contribution < -0.4 is 14.8 Å². The van der Waals surface area contributed by atoms with E-state index < -0.39 is 17.5 Å². The van der Waals surface area contributed by atoms with E-state index >= 15 is 0 Å².